The smallest absolute Gasteiger partial charge is 0.387 e. The van der Waals surface area contributed by atoms with Gasteiger partial charge in [0, 0.05) is 51.7 Å². The summed E-state index contributed by atoms with van der Waals surface area (Å²) in [5.41, 5.74) is 5.70. The van der Waals surface area contributed by atoms with Crippen LogP contribution in [0, 0.1) is 22.6 Å². The molecule has 3 aliphatic rings. The fourth-order valence-corrected chi connectivity index (χ4v) is 6.56. The standard InChI is InChI=1S/C28H23F3N8O2/c1-27(12-32)10-28(33,11-27)25-34-7-13(8-35-25)21-16(29)9-39-23(36-21)20-15-6-17(22(20)37-39)38(2)24(40)14-4-3-5-18(19(14)15)41-26(30)31/h3-5,7-9,15,17,26H,6,10-11,33H2,1-2H3/t15-,17-,27?,28?/m1/s1/i2D3. The fourth-order valence-electron chi connectivity index (χ4n) is 6.56. The van der Waals surface area contributed by atoms with Gasteiger partial charge in [-0.2, -0.15) is 19.1 Å². The number of hydrogen-bond donors (Lipinski definition) is 1. The van der Waals surface area contributed by atoms with Gasteiger partial charge in [-0.1, -0.05) is 6.07 Å². The fraction of sp³-hybridized carbons (Fsp3) is 0.357. The number of ether oxygens (including phenoxy) is 1. The summed E-state index contributed by atoms with van der Waals surface area (Å²) in [6.45, 7) is -4.31. The highest BCUT2D eigenvalue weighted by atomic mass is 19.3. The Morgan fingerprint density at radius 2 is 2.02 bits per heavy atom. The van der Waals surface area contributed by atoms with E-state index in [0.717, 1.165) is 10.7 Å². The molecule has 7 rings (SSSR count). The quantitative estimate of drug-likeness (QED) is 0.393. The van der Waals surface area contributed by atoms with Crippen LogP contribution in [0.4, 0.5) is 13.2 Å². The Kier molecular flexibility index (Phi) is 4.58. The topological polar surface area (TPSA) is 135 Å². The summed E-state index contributed by atoms with van der Waals surface area (Å²) in [6, 6.07) is 5.15. The molecule has 4 heterocycles. The monoisotopic (exact) mass is 563 g/mol. The summed E-state index contributed by atoms with van der Waals surface area (Å²) in [5, 5.41) is 13.8. The maximum absolute atomic E-state index is 15.5. The Morgan fingerprint density at radius 3 is 2.71 bits per heavy atom. The SMILES string of the molecule is [2H]C([2H])([2H])N1C(=O)c2cccc(OC(F)F)c2[C@H]2C[C@@H]1c1nn3cc(F)c(-c4cnc(C5(N)CC(C)(C#N)C5)nc4)nc3c12. The van der Waals surface area contributed by atoms with Crippen molar-refractivity contribution < 1.29 is 26.8 Å². The molecule has 3 aromatic heterocycles. The van der Waals surface area contributed by atoms with Gasteiger partial charge < -0.3 is 15.4 Å². The van der Waals surface area contributed by atoms with Crippen LogP contribution in [0.15, 0.2) is 36.8 Å². The largest absolute Gasteiger partial charge is 0.434 e. The molecule has 10 nitrogen and oxygen atoms in total. The molecule has 0 spiro atoms. The van der Waals surface area contributed by atoms with Crippen molar-refractivity contribution in [2.24, 2.45) is 11.1 Å². The first kappa shape index (κ1) is 22.2. The number of amides is 1. The third kappa shape index (κ3) is 3.63. The van der Waals surface area contributed by atoms with Gasteiger partial charge in [0.1, 0.15) is 17.3 Å². The molecule has 13 heteroatoms. The van der Waals surface area contributed by atoms with Crippen LogP contribution in [0.5, 0.6) is 5.75 Å². The van der Waals surface area contributed by atoms with Crippen LogP contribution in [-0.2, 0) is 5.54 Å². The minimum absolute atomic E-state index is 0.0152. The molecule has 0 unspecified atom stereocenters. The second-order valence-corrected chi connectivity index (χ2v) is 11.1. The molecule has 2 atom stereocenters. The lowest BCUT2D eigenvalue weighted by molar-refractivity contribution is -0.0505. The highest BCUT2D eigenvalue weighted by molar-refractivity contribution is 5.98. The molecule has 2 aliphatic carbocycles. The number of halogens is 3. The number of carbonyl (C=O) groups excluding carboxylic acids is 1. The second-order valence-electron chi connectivity index (χ2n) is 11.1. The molecule has 2 N–H and O–H groups in total. The molecule has 208 valence electrons. The third-order valence-corrected chi connectivity index (χ3v) is 8.20. The molecule has 0 radical (unpaired) electrons. The van der Waals surface area contributed by atoms with Crippen LogP contribution in [-0.4, -0.2) is 49.0 Å². The average Bonchev–Trinajstić information content (AvgIpc) is 3.43. The molecular formula is C28H23F3N8O2. The van der Waals surface area contributed by atoms with Gasteiger partial charge in [0.2, 0.25) is 0 Å². The van der Waals surface area contributed by atoms with Crippen LogP contribution in [0.3, 0.4) is 0 Å². The lowest BCUT2D eigenvalue weighted by Crippen LogP contribution is -2.54. The van der Waals surface area contributed by atoms with Crippen LogP contribution in [0.2, 0.25) is 0 Å². The van der Waals surface area contributed by atoms with Gasteiger partial charge in [-0.15, -0.1) is 0 Å². The van der Waals surface area contributed by atoms with Crippen molar-refractivity contribution in [2.45, 2.75) is 50.3 Å². The van der Waals surface area contributed by atoms with Gasteiger partial charge in [-0.3, -0.25) is 4.79 Å². The summed E-state index contributed by atoms with van der Waals surface area (Å²) in [5.74, 6) is -2.45. The Morgan fingerprint density at radius 1 is 1.27 bits per heavy atom. The zero-order valence-electron chi connectivity index (χ0n) is 24.5. The van der Waals surface area contributed by atoms with E-state index in [1.807, 2.05) is 0 Å². The van der Waals surface area contributed by atoms with E-state index in [2.05, 4.69) is 26.1 Å². The predicted octanol–water partition coefficient (Wildman–Crippen LogP) is 4.07. The number of carbonyl (C=O) groups is 1. The van der Waals surface area contributed by atoms with Gasteiger partial charge in [-0.25, -0.2) is 23.9 Å². The molecule has 1 aliphatic heterocycles. The van der Waals surface area contributed by atoms with Crippen LogP contribution >= 0.6 is 0 Å². The van der Waals surface area contributed by atoms with Crippen molar-refractivity contribution in [3.8, 4) is 23.1 Å². The van der Waals surface area contributed by atoms with Crippen LogP contribution in [0.1, 0.15) is 75.3 Å². The number of alkyl halides is 2. The zero-order chi connectivity index (χ0) is 31.3. The van der Waals surface area contributed by atoms with E-state index < -0.39 is 48.2 Å². The Bertz CT molecular complexity index is 1900. The van der Waals surface area contributed by atoms with E-state index in [4.69, 9.17) is 14.6 Å². The van der Waals surface area contributed by atoms with Crippen molar-refractivity contribution in [1.82, 2.24) is 29.5 Å². The summed E-state index contributed by atoms with van der Waals surface area (Å²) >= 11 is 0. The van der Waals surface area contributed by atoms with Gasteiger partial charge in [0.25, 0.3) is 5.91 Å². The van der Waals surface area contributed by atoms with Gasteiger partial charge in [0.05, 0.1) is 35.0 Å². The first-order valence-corrected chi connectivity index (χ1v) is 12.8. The van der Waals surface area contributed by atoms with Gasteiger partial charge in [-0.05, 0) is 38.3 Å². The van der Waals surface area contributed by atoms with E-state index in [-0.39, 0.29) is 45.9 Å². The van der Waals surface area contributed by atoms with Gasteiger partial charge in [0.15, 0.2) is 11.5 Å². The van der Waals surface area contributed by atoms with E-state index >= 15 is 4.39 Å². The maximum Gasteiger partial charge on any atom is 0.387 e. The number of fused-ring (bicyclic) bond motifs is 9. The van der Waals surface area contributed by atoms with Gasteiger partial charge >= 0.3 is 6.61 Å². The molecule has 1 aromatic carbocycles. The minimum atomic E-state index is -3.21. The summed E-state index contributed by atoms with van der Waals surface area (Å²) < 4.78 is 72.7. The lowest BCUT2D eigenvalue weighted by atomic mass is 9.59. The Balaban J connectivity index is 1.37. The second kappa shape index (κ2) is 8.47. The number of nitriles is 1. The lowest BCUT2D eigenvalue weighted by Gasteiger charge is -2.47. The molecule has 4 aromatic rings. The van der Waals surface area contributed by atoms with Crippen molar-refractivity contribution >= 4 is 11.6 Å². The van der Waals surface area contributed by atoms with E-state index in [1.165, 1.54) is 30.6 Å². The van der Waals surface area contributed by atoms with Crippen molar-refractivity contribution in [1.29, 1.82) is 5.26 Å². The predicted molar refractivity (Wildman–Crippen MR) is 137 cm³/mol. The molecule has 1 amide bonds. The van der Waals surface area contributed by atoms with Crippen LogP contribution in [0.25, 0.3) is 16.9 Å². The average molecular weight is 564 g/mol. The minimum Gasteiger partial charge on any atom is -0.434 e. The normalized spacial score (nSPS) is 27.8. The number of aromatic nitrogens is 5. The number of hydrogen-bond acceptors (Lipinski definition) is 8. The molecule has 1 fully saturated rings. The molecule has 1 saturated carbocycles. The zero-order valence-corrected chi connectivity index (χ0v) is 21.5. The van der Waals surface area contributed by atoms with Crippen LogP contribution < -0.4 is 10.5 Å². The number of nitrogens with zero attached hydrogens (tertiary/aromatic N) is 7. The van der Waals surface area contributed by atoms with Crippen molar-refractivity contribution in [2.75, 3.05) is 6.98 Å². The Labute approximate surface area is 235 Å². The van der Waals surface area contributed by atoms with Crippen molar-refractivity contribution in [3.63, 3.8) is 0 Å². The molecular weight excluding hydrogens is 537 g/mol. The first-order chi connectivity index (χ1) is 20.7. The van der Waals surface area contributed by atoms with E-state index in [9.17, 15) is 18.8 Å². The van der Waals surface area contributed by atoms with Crippen molar-refractivity contribution in [3.05, 3.63) is 70.8 Å². The first-order valence-electron chi connectivity index (χ1n) is 14.3. The summed E-state index contributed by atoms with van der Waals surface area (Å²) in [7, 11) is 0. The number of benzene rings is 1. The highest BCUT2D eigenvalue weighted by Crippen LogP contribution is 2.53. The molecule has 41 heavy (non-hydrogen) atoms. The van der Waals surface area contributed by atoms with E-state index in [1.54, 1.807) is 6.92 Å². The number of nitrogens with two attached hydrogens (primary N) is 1. The molecule has 2 bridgehead atoms. The van der Waals surface area contributed by atoms with E-state index in [0.29, 0.717) is 29.1 Å². The Hall–Kier alpha value is -4.57. The maximum atomic E-state index is 15.5. The third-order valence-electron chi connectivity index (χ3n) is 8.20. The molecule has 0 saturated heterocycles. The number of rotatable bonds is 4. The summed E-state index contributed by atoms with van der Waals surface area (Å²) in [6.07, 6.45) is 4.57. The summed E-state index contributed by atoms with van der Waals surface area (Å²) in [4.78, 5) is 27.5. The highest BCUT2D eigenvalue weighted by Gasteiger charge is 2.53.